The largest absolute Gasteiger partial charge is 0.497 e. The van der Waals surface area contributed by atoms with Gasteiger partial charge in [-0.3, -0.25) is 4.79 Å². The molecule has 0 radical (unpaired) electrons. The Morgan fingerprint density at radius 2 is 1.75 bits per heavy atom. The van der Waals surface area contributed by atoms with Gasteiger partial charge in [0.25, 0.3) is 0 Å². The fourth-order valence-electron chi connectivity index (χ4n) is 1.58. The van der Waals surface area contributed by atoms with Gasteiger partial charge in [0, 0.05) is 0 Å². The Balaban J connectivity index is 3.06. The lowest BCUT2D eigenvalue weighted by atomic mass is 9.88. The molecule has 0 aliphatic carbocycles. The maximum atomic E-state index is 12.2. The van der Waals surface area contributed by atoms with Crippen LogP contribution >= 0.6 is 0 Å². The Bertz CT molecular complexity index is 572. The molecule has 0 unspecified atom stereocenters. The third-order valence-electron chi connectivity index (χ3n) is 2.76. The maximum Gasteiger partial charge on any atom is 0.322 e. The molecule has 1 rings (SSSR count). The summed E-state index contributed by atoms with van der Waals surface area (Å²) in [4.78, 5) is 11.2. The first kappa shape index (κ1) is 16.5. The van der Waals surface area contributed by atoms with Crippen LogP contribution in [-0.4, -0.2) is 32.6 Å². The van der Waals surface area contributed by atoms with Crippen molar-refractivity contribution in [1.29, 1.82) is 0 Å². The molecule has 112 valence electrons. The SMILES string of the molecule is COc1ccc(S(=O)(=O)N[C@@H](C(=O)O)C(C)(C)C)cc1. The number of carboxylic acids is 1. The van der Waals surface area contributed by atoms with E-state index in [1.54, 1.807) is 20.8 Å². The lowest BCUT2D eigenvalue weighted by Gasteiger charge is -2.27. The number of methoxy groups -OCH3 is 1. The van der Waals surface area contributed by atoms with Crippen LogP contribution < -0.4 is 9.46 Å². The van der Waals surface area contributed by atoms with Crippen molar-refractivity contribution < 1.29 is 23.1 Å². The number of aliphatic carboxylic acids is 1. The number of nitrogens with one attached hydrogen (secondary N) is 1. The fourth-order valence-corrected chi connectivity index (χ4v) is 2.97. The zero-order valence-electron chi connectivity index (χ0n) is 11.9. The number of carbonyl (C=O) groups is 1. The van der Waals surface area contributed by atoms with Crippen molar-refractivity contribution >= 4 is 16.0 Å². The summed E-state index contributed by atoms with van der Waals surface area (Å²) in [6, 6.07) is 4.52. The van der Waals surface area contributed by atoms with Crippen molar-refractivity contribution in [3.8, 4) is 5.75 Å². The minimum Gasteiger partial charge on any atom is -0.497 e. The topological polar surface area (TPSA) is 92.7 Å². The van der Waals surface area contributed by atoms with Gasteiger partial charge in [0.15, 0.2) is 0 Å². The summed E-state index contributed by atoms with van der Waals surface area (Å²) in [7, 11) is -2.43. The molecule has 0 heterocycles. The van der Waals surface area contributed by atoms with Crippen LogP contribution in [-0.2, 0) is 14.8 Å². The van der Waals surface area contributed by atoms with Crippen LogP contribution in [0, 0.1) is 5.41 Å². The molecule has 0 amide bonds. The van der Waals surface area contributed by atoms with Crippen molar-refractivity contribution in [1.82, 2.24) is 4.72 Å². The summed E-state index contributed by atoms with van der Waals surface area (Å²) < 4.78 is 31.5. The highest BCUT2D eigenvalue weighted by atomic mass is 32.2. The van der Waals surface area contributed by atoms with Gasteiger partial charge >= 0.3 is 5.97 Å². The molecule has 2 N–H and O–H groups in total. The molecule has 0 fully saturated rings. The minimum atomic E-state index is -3.90. The van der Waals surface area contributed by atoms with Crippen molar-refractivity contribution in [2.24, 2.45) is 5.41 Å². The number of sulfonamides is 1. The average Bonchev–Trinajstić information content (AvgIpc) is 2.34. The number of benzene rings is 1. The van der Waals surface area contributed by atoms with E-state index >= 15 is 0 Å². The van der Waals surface area contributed by atoms with Gasteiger partial charge in [0.2, 0.25) is 10.0 Å². The summed E-state index contributed by atoms with van der Waals surface area (Å²) in [5, 5.41) is 9.15. The van der Waals surface area contributed by atoms with E-state index in [9.17, 15) is 13.2 Å². The summed E-state index contributed by atoms with van der Waals surface area (Å²) in [6.07, 6.45) is 0. The van der Waals surface area contributed by atoms with Gasteiger partial charge in [0.1, 0.15) is 11.8 Å². The van der Waals surface area contributed by atoms with Gasteiger partial charge in [-0.25, -0.2) is 8.42 Å². The van der Waals surface area contributed by atoms with Gasteiger partial charge < -0.3 is 9.84 Å². The number of hydrogen-bond acceptors (Lipinski definition) is 4. The van der Waals surface area contributed by atoms with E-state index in [-0.39, 0.29) is 4.90 Å². The summed E-state index contributed by atoms with van der Waals surface area (Å²) in [5.41, 5.74) is -0.745. The van der Waals surface area contributed by atoms with E-state index < -0.39 is 27.4 Å². The van der Waals surface area contributed by atoms with Gasteiger partial charge in [-0.1, -0.05) is 20.8 Å². The zero-order chi connectivity index (χ0) is 15.6. The fraction of sp³-hybridized carbons (Fsp3) is 0.462. The van der Waals surface area contributed by atoms with Crippen LogP contribution in [0.15, 0.2) is 29.2 Å². The number of hydrogen-bond donors (Lipinski definition) is 2. The molecule has 7 heteroatoms. The minimum absolute atomic E-state index is 0.00574. The standard InChI is InChI=1S/C13H19NO5S/c1-13(2,3)11(12(15)16)14-20(17,18)10-7-5-9(19-4)6-8-10/h5-8,11,14H,1-4H3,(H,15,16)/t11-/m0/s1. The summed E-state index contributed by atoms with van der Waals surface area (Å²) in [5.74, 6) is -0.691. The number of rotatable bonds is 5. The lowest BCUT2D eigenvalue weighted by molar-refractivity contribution is -0.141. The first-order valence-corrected chi connectivity index (χ1v) is 7.45. The number of carboxylic acid groups (broad SMARTS) is 1. The molecule has 1 aromatic rings. The molecule has 0 aliphatic heterocycles. The molecular weight excluding hydrogens is 282 g/mol. The van der Waals surface area contributed by atoms with E-state index in [4.69, 9.17) is 9.84 Å². The Hall–Kier alpha value is -1.60. The molecule has 0 saturated heterocycles. The van der Waals surface area contributed by atoms with E-state index in [0.29, 0.717) is 5.75 Å². The molecule has 0 spiro atoms. The van der Waals surface area contributed by atoms with Crippen LogP contribution in [0.5, 0.6) is 5.75 Å². The van der Waals surface area contributed by atoms with Gasteiger partial charge in [-0.2, -0.15) is 4.72 Å². The molecular formula is C13H19NO5S. The van der Waals surface area contributed by atoms with Crippen molar-refractivity contribution in [2.45, 2.75) is 31.7 Å². The Kier molecular flexibility index (Phi) is 4.77. The smallest absolute Gasteiger partial charge is 0.322 e. The Labute approximate surface area is 118 Å². The predicted molar refractivity (Wildman–Crippen MR) is 74.2 cm³/mol. The maximum absolute atomic E-state index is 12.2. The quantitative estimate of drug-likeness (QED) is 0.859. The van der Waals surface area contributed by atoms with E-state index in [1.165, 1.54) is 31.4 Å². The molecule has 0 bridgehead atoms. The first-order chi connectivity index (χ1) is 9.08. The normalized spacial score (nSPS) is 13.8. The summed E-state index contributed by atoms with van der Waals surface area (Å²) in [6.45, 7) is 4.97. The van der Waals surface area contributed by atoms with Gasteiger partial charge in [-0.15, -0.1) is 0 Å². The van der Waals surface area contributed by atoms with Crippen molar-refractivity contribution in [2.75, 3.05) is 7.11 Å². The van der Waals surface area contributed by atoms with Crippen LogP contribution in [0.1, 0.15) is 20.8 Å². The van der Waals surface area contributed by atoms with Crippen LogP contribution in [0.4, 0.5) is 0 Å². The second-order valence-corrected chi connectivity index (χ2v) is 7.15. The van der Waals surface area contributed by atoms with Crippen molar-refractivity contribution in [3.05, 3.63) is 24.3 Å². The highest BCUT2D eigenvalue weighted by Gasteiger charge is 2.35. The van der Waals surface area contributed by atoms with Crippen LogP contribution in [0.3, 0.4) is 0 Å². The second kappa shape index (κ2) is 5.80. The van der Waals surface area contributed by atoms with Crippen LogP contribution in [0.25, 0.3) is 0 Å². The molecule has 6 nitrogen and oxygen atoms in total. The number of ether oxygens (including phenoxy) is 1. The predicted octanol–water partition coefficient (Wildman–Crippen LogP) is 1.47. The average molecular weight is 301 g/mol. The molecule has 0 aromatic heterocycles. The molecule has 0 aliphatic rings. The van der Waals surface area contributed by atoms with Gasteiger partial charge in [0.05, 0.1) is 12.0 Å². The lowest BCUT2D eigenvalue weighted by Crippen LogP contribution is -2.48. The third-order valence-corrected chi connectivity index (χ3v) is 4.19. The van der Waals surface area contributed by atoms with E-state index in [1.807, 2.05) is 0 Å². The third kappa shape index (κ3) is 3.94. The zero-order valence-corrected chi connectivity index (χ0v) is 12.7. The molecule has 20 heavy (non-hydrogen) atoms. The molecule has 0 saturated carbocycles. The van der Waals surface area contributed by atoms with Crippen LogP contribution in [0.2, 0.25) is 0 Å². The second-order valence-electron chi connectivity index (χ2n) is 5.43. The Morgan fingerprint density at radius 1 is 1.25 bits per heavy atom. The summed E-state index contributed by atoms with van der Waals surface area (Å²) >= 11 is 0. The highest BCUT2D eigenvalue weighted by molar-refractivity contribution is 7.89. The van der Waals surface area contributed by atoms with Gasteiger partial charge in [-0.05, 0) is 29.7 Å². The van der Waals surface area contributed by atoms with E-state index in [2.05, 4.69) is 4.72 Å². The molecule has 1 aromatic carbocycles. The monoisotopic (exact) mass is 301 g/mol. The highest BCUT2D eigenvalue weighted by Crippen LogP contribution is 2.22. The first-order valence-electron chi connectivity index (χ1n) is 5.97. The van der Waals surface area contributed by atoms with E-state index in [0.717, 1.165) is 0 Å². The van der Waals surface area contributed by atoms with Crippen molar-refractivity contribution in [3.63, 3.8) is 0 Å². The molecule has 1 atom stereocenters. The Morgan fingerprint density at radius 3 is 2.10 bits per heavy atom.